The van der Waals surface area contributed by atoms with Gasteiger partial charge in [0.25, 0.3) is 0 Å². The number of rotatable bonds is 5. The zero-order valence-corrected chi connectivity index (χ0v) is 16.2. The summed E-state index contributed by atoms with van der Waals surface area (Å²) in [5.41, 5.74) is -0.875. The van der Waals surface area contributed by atoms with Crippen LogP contribution in [0.1, 0.15) is 60.9 Å². The number of benzene rings is 1. The zero-order chi connectivity index (χ0) is 32.2. The Morgan fingerprint density at radius 3 is 3.04 bits per heavy atom. The molecule has 0 spiro atoms. The van der Waals surface area contributed by atoms with Gasteiger partial charge in [0, 0.05) is 46.5 Å². The summed E-state index contributed by atoms with van der Waals surface area (Å²) in [6, 6.07) is -1.61. The van der Waals surface area contributed by atoms with Crippen molar-refractivity contribution in [1.82, 2.24) is 19.9 Å². The Labute approximate surface area is 192 Å². The molecule has 1 aliphatic rings. The zero-order valence-electron chi connectivity index (χ0n) is 28.6. The molecule has 5 nitrogen and oxygen atoms in total. The van der Waals surface area contributed by atoms with E-state index in [1.165, 1.54) is 13.8 Å². The van der Waals surface area contributed by atoms with Crippen LogP contribution in [0.2, 0.25) is 6.43 Å². The minimum absolute atomic E-state index is 0.115. The Hall–Kier alpha value is -1.83. The Morgan fingerprint density at radius 2 is 2.32 bits per heavy atom. The fourth-order valence-electron chi connectivity index (χ4n) is 2.18. The number of nitrogens with one attached hydrogen (secondary N) is 1. The number of aromatic nitrogens is 3. The third-order valence-electron chi connectivity index (χ3n) is 3.50. The summed E-state index contributed by atoms with van der Waals surface area (Å²) in [6.07, 6.45) is -8.65. The van der Waals surface area contributed by atoms with Gasteiger partial charge in [0.15, 0.2) is 7.06 Å². The number of fused-ring (bicyclic) bond motifs is 1. The molecular formula is C20H23ClFN5S. The molecule has 4 rings (SSSR count). The Morgan fingerprint density at radius 1 is 1.54 bits per heavy atom. The normalized spacial score (nSPS) is 32.7. The van der Waals surface area contributed by atoms with Crippen molar-refractivity contribution in [3.8, 4) is 0 Å². The second-order valence-electron chi connectivity index (χ2n) is 5.83. The monoisotopic (exact) mass is 433 g/mol. The number of anilines is 1. The molecule has 0 atom stereocenters. The quantitative estimate of drug-likeness (QED) is 0.608. The van der Waals surface area contributed by atoms with Gasteiger partial charge in [-0.15, -0.1) is 11.3 Å². The maximum atomic E-state index is 13.8. The van der Waals surface area contributed by atoms with Crippen LogP contribution in [0.4, 0.5) is 10.2 Å². The molecule has 0 saturated carbocycles. The van der Waals surface area contributed by atoms with Crippen molar-refractivity contribution in [2.75, 3.05) is 18.3 Å². The maximum Gasteiger partial charge on any atom is 0.175 e. The lowest BCUT2D eigenvalue weighted by Gasteiger charge is -2.32. The van der Waals surface area contributed by atoms with E-state index in [1.54, 1.807) is 0 Å². The summed E-state index contributed by atoms with van der Waals surface area (Å²) in [5, 5.41) is -0.694. The molecule has 0 amide bonds. The summed E-state index contributed by atoms with van der Waals surface area (Å²) in [4.78, 5) is 11.3. The van der Waals surface area contributed by atoms with Crippen LogP contribution in [-0.2, 0) is 6.50 Å². The predicted octanol–water partition coefficient (Wildman–Crippen LogP) is 5.08. The van der Waals surface area contributed by atoms with E-state index in [-0.39, 0.29) is 25.6 Å². The molecule has 1 aliphatic heterocycles. The van der Waals surface area contributed by atoms with Crippen LogP contribution in [-0.4, -0.2) is 38.9 Å². The van der Waals surface area contributed by atoms with Gasteiger partial charge in [0.2, 0.25) is 0 Å². The van der Waals surface area contributed by atoms with E-state index in [2.05, 4.69) is 15.0 Å². The van der Waals surface area contributed by atoms with Gasteiger partial charge in [0.1, 0.15) is 24.0 Å². The molecule has 148 valence electrons. The van der Waals surface area contributed by atoms with Crippen LogP contribution in [0, 0.1) is 5.82 Å². The van der Waals surface area contributed by atoms with Crippen LogP contribution >= 0.6 is 22.9 Å². The van der Waals surface area contributed by atoms with Crippen LogP contribution < -0.4 is 5.31 Å². The molecular weight excluding hydrogens is 397 g/mol. The molecule has 3 heterocycles. The second-order valence-corrected chi connectivity index (χ2v) is 7.24. The van der Waals surface area contributed by atoms with Crippen molar-refractivity contribution in [2.45, 2.75) is 45.0 Å². The van der Waals surface area contributed by atoms with Crippen molar-refractivity contribution in [2.24, 2.45) is 0 Å². The predicted molar refractivity (Wildman–Crippen MR) is 113 cm³/mol. The molecule has 1 saturated heterocycles. The molecule has 0 unspecified atom stereocenters. The molecule has 28 heavy (non-hydrogen) atoms. The van der Waals surface area contributed by atoms with Crippen molar-refractivity contribution >= 4 is 39.1 Å². The lowest BCUT2D eigenvalue weighted by Crippen LogP contribution is -2.38. The summed E-state index contributed by atoms with van der Waals surface area (Å²) in [6.45, 7) is -8.20. The first kappa shape index (κ1) is 8.90. The van der Waals surface area contributed by atoms with Gasteiger partial charge >= 0.3 is 0 Å². The van der Waals surface area contributed by atoms with Crippen molar-refractivity contribution in [3.63, 3.8) is 0 Å². The molecule has 3 aromatic rings. The fourth-order valence-corrected chi connectivity index (χ4v) is 3.26. The van der Waals surface area contributed by atoms with Gasteiger partial charge in [-0.3, -0.25) is 4.90 Å². The van der Waals surface area contributed by atoms with Crippen LogP contribution in [0.5, 0.6) is 0 Å². The highest BCUT2D eigenvalue weighted by Crippen LogP contribution is 2.31. The second kappa shape index (κ2) is 8.27. The van der Waals surface area contributed by atoms with E-state index in [4.69, 9.17) is 30.8 Å². The molecule has 2 aromatic heterocycles. The molecule has 1 N–H and O–H groups in total. The van der Waals surface area contributed by atoms with Gasteiger partial charge < -0.3 is 5.31 Å². The average Bonchev–Trinajstić information content (AvgIpc) is 3.27. The third kappa shape index (κ3) is 4.26. The van der Waals surface area contributed by atoms with Crippen LogP contribution in [0.3, 0.4) is 0 Å². The van der Waals surface area contributed by atoms with E-state index in [9.17, 15) is 4.39 Å². The molecule has 0 aliphatic carbocycles. The molecule has 0 radical (unpaired) electrons. The van der Waals surface area contributed by atoms with Crippen LogP contribution in [0.15, 0.2) is 24.5 Å². The van der Waals surface area contributed by atoms with Gasteiger partial charge in [0.05, 0.1) is 11.4 Å². The number of halogens is 2. The maximum absolute atomic E-state index is 13.8. The minimum Gasteiger partial charge on any atom is -0.366 e. The minimum atomic E-state index is -3.93. The average molecular weight is 434 g/mol. The molecule has 8 heteroatoms. The van der Waals surface area contributed by atoms with Gasteiger partial charge in [-0.25, -0.2) is 19.3 Å². The SMILES string of the molecule is [2H]c1nc(N([2H])C2([2H])C([2H])([2H])C([2H])([2H])N(C([2H])([2H])c3ccc(F)c(Cl)c3)C([2H])([2H])C2([2H])[2H])c2sc(C([2H])(C)C)nc2n1. The summed E-state index contributed by atoms with van der Waals surface area (Å²) in [7, 11) is 0. The fraction of sp³-hybridized carbons (Fsp3) is 0.450. The number of hydrogen-bond donors (Lipinski definition) is 1. The number of thiazole rings is 1. The number of likely N-dealkylation sites (tertiary alicyclic amines) is 1. The van der Waals surface area contributed by atoms with Gasteiger partial charge in [-0.1, -0.05) is 31.5 Å². The van der Waals surface area contributed by atoms with Gasteiger partial charge in [-0.05, 0) is 30.4 Å². The van der Waals surface area contributed by atoms with E-state index < -0.39 is 72.7 Å². The van der Waals surface area contributed by atoms with E-state index >= 15 is 0 Å². The highest BCUT2D eigenvalue weighted by molar-refractivity contribution is 7.19. The van der Waals surface area contributed by atoms with E-state index in [0.717, 1.165) is 23.5 Å². The molecule has 0 bridgehead atoms. The topological polar surface area (TPSA) is 53.9 Å². The Bertz CT molecular complexity index is 1530. The highest BCUT2D eigenvalue weighted by Gasteiger charge is 2.21. The lowest BCUT2D eigenvalue weighted by molar-refractivity contribution is 0.211. The standard InChI is InChI=1S/C20H23ClFN5S/c1-12(2)20-26-19-17(28-20)18(23-11-24-19)25-14-5-7-27(8-6-14)10-13-3-4-16(22)15(21)9-13/h3-4,9,11-12,14H,5-8,10H2,1-2H3,(H,23,24,25)/i5D2,6D2,7D2,8D2,10D2,11D,12D,14D/hD. The number of hydrogen-bond acceptors (Lipinski definition) is 6. The third-order valence-corrected chi connectivity index (χ3v) is 5.05. The first-order valence-corrected chi connectivity index (χ1v) is 9.18. The van der Waals surface area contributed by atoms with E-state index in [0.29, 0.717) is 6.07 Å². The van der Waals surface area contributed by atoms with E-state index in [1.807, 2.05) is 0 Å². The largest absolute Gasteiger partial charge is 0.366 e. The summed E-state index contributed by atoms with van der Waals surface area (Å²) >= 11 is 6.49. The summed E-state index contributed by atoms with van der Waals surface area (Å²) in [5.74, 6) is -3.06. The molecule has 1 fully saturated rings. The number of nitrogens with zero attached hydrogens (tertiary/aromatic N) is 4. The van der Waals surface area contributed by atoms with Crippen molar-refractivity contribution < 1.29 is 23.6 Å². The number of piperidine rings is 1. The smallest absolute Gasteiger partial charge is 0.175 e. The highest BCUT2D eigenvalue weighted by atomic mass is 35.5. The first-order chi connectivity index (χ1) is 18.8. The first-order valence-electron chi connectivity index (χ1n) is 14.9. The van der Waals surface area contributed by atoms with Crippen molar-refractivity contribution in [3.05, 3.63) is 45.9 Å². The Kier molecular flexibility index (Phi) is 2.63. The molecule has 1 aromatic carbocycles. The van der Waals surface area contributed by atoms with Crippen LogP contribution in [0.25, 0.3) is 10.3 Å². The Balaban J connectivity index is 1.99. The summed E-state index contributed by atoms with van der Waals surface area (Å²) < 4.78 is 134. The van der Waals surface area contributed by atoms with Crippen molar-refractivity contribution in [1.29, 1.82) is 0 Å². The van der Waals surface area contributed by atoms with Gasteiger partial charge in [-0.2, -0.15) is 0 Å². The lowest BCUT2D eigenvalue weighted by atomic mass is 10.0.